The average Bonchev–Trinajstić information content (AvgIpc) is 2.39. The van der Waals surface area contributed by atoms with Crippen LogP contribution in [0.5, 0.6) is 0 Å². The topological polar surface area (TPSA) is 17.1 Å². The molecule has 0 bridgehead atoms. The summed E-state index contributed by atoms with van der Waals surface area (Å²) >= 11 is 5.03. The molecule has 2 aromatic rings. The quantitative estimate of drug-likeness (QED) is 0.725. The largest absolute Gasteiger partial charge is 0.293 e. The van der Waals surface area contributed by atoms with Crippen LogP contribution in [0.4, 0.5) is 0 Å². The highest BCUT2D eigenvalue weighted by atomic mass is 79.9. The van der Waals surface area contributed by atoms with E-state index in [1.54, 1.807) is 11.8 Å². The average molecular weight is 335 g/mol. The molecule has 0 saturated carbocycles. The Balaban J connectivity index is 1.86. The highest BCUT2D eigenvalue weighted by Crippen LogP contribution is 2.16. The maximum atomic E-state index is 12.0. The summed E-state index contributed by atoms with van der Waals surface area (Å²) in [6.07, 6.45) is 0. The molecule has 0 aliphatic heterocycles. The molecule has 0 heterocycles. The smallest absolute Gasteiger partial charge is 0.172 e. The predicted octanol–water partition coefficient (Wildman–Crippen LogP) is 4.87. The van der Waals surface area contributed by atoms with Gasteiger partial charge in [-0.25, -0.2) is 0 Å². The van der Waals surface area contributed by atoms with E-state index in [1.807, 2.05) is 24.3 Å². The summed E-state index contributed by atoms with van der Waals surface area (Å²) < 4.78 is 0.997. The van der Waals surface area contributed by atoms with Gasteiger partial charge >= 0.3 is 0 Å². The number of rotatable bonds is 5. The van der Waals surface area contributed by atoms with E-state index >= 15 is 0 Å². The number of halogens is 1. The lowest BCUT2D eigenvalue weighted by atomic mass is 10.1. The van der Waals surface area contributed by atoms with Crippen LogP contribution in [0.15, 0.2) is 53.0 Å². The Kier molecular flexibility index (Phi) is 5.23. The Labute approximate surface area is 126 Å². The third-order valence-electron chi connectivity index (χ3n) is 2.75. The van der Waals surface area contributed by atoms with Gasteiger partial charge in [0, 0.05) is 15.8 Å². The molecule has 0 saturated heterocycles. The van der Waals surface area contributed by atoms with Crippen molar-refractivity contribution < 1.29 is 4.79 Å². The minimum Gasteiger partial charge on any atom is -0.293 e. The molecular formula is C16H15BrOS. The zero-order valence-electron chi connectivity index (χ0n) is 10.7. The number of ketones is 1. The van der Waals surface area contributed by atoms with Gasteiger partial charge in [-0.1, -0.05) is 57.9 Å². The Bertz CT molecular complexity index is 563. The molecule has 0 aromatic heterocycles. The number of carbonyl (C=O) groups excluding carboxylic acids is 1. The SMILES string of the molecule is Cc1cccc(CSCC(=O)c2ccc(Br)cc2)c1. The zero-order chi connectivity index (χ0) is 13.7. The van der Waals surface area contributed by atoms with Gasteiger partial charge < -0.3 is 0 Å². The number of Topliss-reactive ketones (excluding diaryl/α,β-unsaturated/α-hetero) is 1. The third kappa shape index (κ3) is 4.51. The van der Waals surface area contributed by atoms with E-state index in [4.69, 9.17) is 0 Å². The van der Waals surface area contributed by atoms with Gasteiger partial charge in [0.1, 0.15) is 0 Å². The molecule has 0 N–H and O–H groups in total. The van der Waals surface area contributed by atoms with Crippen molar-refractivity contribution in [3.8, 4) is 0 Å². The van der Waals surface area contributed by atoms with Crippen molar-refractivity contribution in [2.75, 3.05) is 5.75 Å². The Hall–Kier alpha value is -1.06. The molecular weight excluding hydrogens is 320 g/mol. The summed E-state index contributed by atoms with van der Waals surface area (Å²) in [5.41, 5.74) is 3.31. The second-order valence-electron chi connectivity index (χ2n) is 4.41. The summed E-state index contributed by atoms with van der Waals surface area (Å²) in [5.74, 6) is 1.59. The summed E-state index contributed by atoms with van der Waals surface area (Å²) in [5, 5.41) is 0. The van der Waals surface area contributed by atoms with Gasteiger partial charge in [0.2, 0.25) is 0 Å². The molecule has 0 spiro atoms. The lowest BCUT2D eigenvalue weighted by Gasteiger charge is -2.03. The second kappa shape index (κ2) is 6.92. The number of hydrogen-bond donors (Lipinski definition) is 0. The van der Waals surface area contributed by atoms with Gasteiger partial charge in [-0.15, -0.1) is 11.8 Å². The fraction of sp³-hybridized carbons (Fsp3) is 0.188. The maximum absolute atomic E-state index is 12.0. The predicted molar refractivity (Wildman–Crippen MR) is 85.8 cm³/mol. The standard InChI is InChI=1S/C16H15BrOS/c1-12-3-2-4-13(9-12)10-19-11-16(18)14-5-7-15(17)8-6-14/h2-9H,10-11H2,1H3. The first-order valence-corrected chi connectivity index (χ1v) is 8.02. The van der Waals surface area contributed by atoms with Crippen molar-refractivity contribution in [3.63, 3.8) is 0 Å². The van der Waals surface area contributed by atoms with Gasteiger partial charge in [0.25, 0.3) is 0 Å². The number of benzene rings is 2. The second-order valence-corrected chi connectivity index (χ2v) is 6.31. The van der Waals surface area contributed by atoms with Crippen LogP contribution >= 0.6 is 27.7 Å². The molecule has 19 heavy (non-hydrogen) atoms. The summed E-state index contributed by atoms with van der Waals surface area (Å²) in [7, 11) is 0. The van der Waals surface area contributed by atoms with Crippen molar-refractivity contribution in [1.82, 2.24) is 0 Å². The van der Waals surface area contributed by atoms with Crippen molar-refractivity contribution >= 4 is 33.5 Å². The lowest BCUT2D eigenvalue weighted by Crippen LogP contribution is -2.02. The van der Waals surface area contributed by atoms with Crippen LogP contribution in [0.25, 0.3) is 0 Å². The van der Waals surface area contributed by atoms with Gasteiger partial charge in [-0.2, -0.15) is 0 Å². The van der Waals surface area contributed by atoms with Gasteiger partial charge in [-0.05, 0) is 24.6 Å². The van der Waals surface area contributed by atoms with Crippen molar-refractivity contribution in [1.29, 1.82) is 0 Å². The molecule has 2 rings (SSSR count). The van der Waals surface area contributed by atoms with E-state index in [-0.39, 0.29) is 5.78 Å². The fourth-order valence-corrected chi connectivity index (χ4v) is 2.92. The van der Waals surface area contributed by atoms with E-state index < -0.39 is 0 Å². The van der Waals surface area contributed by atoms with Crippen LogP contribution < -0.4 is 0 Å². The molecule has 0 aliphatic carbocycles. The van der Waals surface area contributed by atoms with Crippen LogP contribution in [0.3, 0.4) is 0 Å². The third-order valence-corrected chi connectivity index (χ3v) is 4.28. The first kappa shape index (κ1) is 14.4. The van der Waals surface area contributed by atoms with E-state index in [9.17, 15) is 4.79 Å². The van der Waals surface area contributed by atoms with Crippen LogP contribution in [-0.4, -0.2) is 11.5 Å². The first-order chi connectivity index (χ1) is 9.15. The number of carbonyl (C=O) groups is 1. The Morgan fingerprint density at radius 2 is 1.89 bits per heavy atom. The van der Waals surface area contributed by atoms with Gasteiger partial charge in [-0.3, -0.25) is 4.79 Å². The Morgan fingerprint density at radius 3 is 2.58 bits per heavy atom. The normalized spacial score (nSPS) is 10.4. The van der Waals surface area contributed by atoms with Crippen LogP contribution in [-0.2, 0) is 5.75 Å². The maximum Gasteiger partial charge on any atom is 0.172 e. The van der Waals surface area contributed by atoms with E-state index in [0.717, 1.165) is 15.8 Å². The van der Waals surface area contributed by atoms with Crippen LogP contribution in [0.1, 0.15) is 21.5 Å². The molecule has 0 unspecified atom stereocenters. The van der Waals surface area contributed by atoms with Gasteiger partial charge in [0.15, 0.2) is 5.78 Å². The highest BCUT2D eigenvalue weighted by Gasteiger charge is 2.05. The lowest BCUT2D eigenvalue weighted by molar-refractivity contribution is 0.102. The van der Waals surface area contributed by atoms with E-state index in [1.165, 1.54) is 11.1 Å². The molecule has 3 heteroatoms. The molecule has 0 fully saturated rings. The van der Waals surface area contributed by atoms with E-state index in [0.29, 0.717) is 5.75 Å². The highest BCUT2D eigenvalue weighted by molar-refractivity contribution is 9.10. The van der Waals surface area contributed by atoms with Crippen molar-refractivity contribution in [2.45, 2.75) is 12.7 Å². The van der Waals surface area contributed by atoms with Gasteiger partial charge in [0.05, 0.1) is 5.75 Å². The molecule has 0 atom stereocenters. The monoisotopic (exact) mass is 334 g/mol. The summed E-state index contributed by atoms with van der Waals surface area (Å²) in [6, 6.07) is 15.9. The number of thioether (sulfide) groups is 1. The van der Waals surface area contributed by atoms with Crippen LogP contribution in [0, 0.1) is 6.92 Å². The molecule has 0 aliphatic rings. The number of hydrogen-bond acceptors (Lipinski definition) is 2. The number of aryl methyl sites for hydroxylation is 1. The first-order valence-electron chi connectivity index (χ1n) is 6.07. The van der Waals surface area contributed by atoms with E-state index in [2.05, 4.69) is 47.1 Å². The molecule has 0 radical (unpaired) electrons. The molecule has 98 valence electrons. The summed E-state index contributed by atoms with van der Waals surface area (Å²) in [6.45, 7) is 2.08. The summed E-state index contributed by atoms with van der Waals surface area (Å²) in [4.78, 5) is 12.0. The fourth-order valence-electron chi connectivity index (χ4n) is 1.78. The van der Waals surface area contributed by atoms with Crippen molar-refractivity contribution in [2.24, 2.45) is 0 Å². The zero-order valence-corrected chi connectivity index (χ0v) is 13.1. The molecule has 2 aromatic carbocycles. The Morgan fingerprint density at radius 1 is 1.16 bits per heavy atom. The minimum absolute atomic E-state index is 0.185. The van der Waals surface area contributed by atoms with Crippen LogP contribution in [0.2, 0.25) is 0 Å². The molecule has 0 amide bonds. The molecule has 1 nitrogen and oxygen atoms in total. The minimum atomic E-state index is 0.185. The van der Waals surface area contributed by atoms with Crippen molar-refractivity contribution in [3.05, 3.63) is 69.7 Å².